The van der Waals surface area contributed by atoms with E-state index < -0.39 is 5.97 Å². The van der Waals surface area contributed by atoms with E-state index in [4.69, 9.17) is 4.98 Å². The predicted octanol–water partition coefficient (Wildman–Crippen LogP) is 5.37. The van der Waals surface area contributed by atoms with E-state index in [1.54, 1.807) is 0 Å². The highest BCUT2D eigenvalue weighted by Crippen LogP contribution is 2.34. The lowest BCUT2D eigenvalue weighted by Gasteiger charge is -2.44. The number of aliphatic carboxylic acids is 1. The van der Waals surface area contributed by atoms with Crippen LogP contribution >= 0.6 is 0 Å². The number of pyridine rings is 2. The van der Waals surface area contributed by atoms with Gasteiger partial charge in [0.15, 0.2) is 0 Å². The smallest absolute Gasteiger partial charge is 0.305 e. The molecule has 172 valence electrons. The number of hydrogen-bond acceptors (Lipinski definition) is 4. The molecule has 1 aliphatic carbocycles. The molecule has 1 N–H and O–H groups in total. The molecule has 1 aliphatic heterocycles. The zero-order chi connectivity index (χ0) is 22.6. The van der Waals surface area contributed by atoms with Crippen LogP contribution in [0.4, 0.5) is 0 Å². The second kappa shape index (κ2) is 10.0. The molecule has 1 aromatic carbocycles. The number of rotatable bonds is 9. The van der Waals surface area contributed by atoms with Crippen LogP contribution in [0.1, 0.15) is 67.1 Å². The van der Waals surface area contributed by atoms with E-state index in [-0.39, 0.29) is 12.5 Å². The minimum atomic E-state index is -0.755. The van der Waals surface area contributed by atoms with Gasteiger partial charge in [0.05, 0.1) is 11.9 Å². The number of aryl methyl sites for hydroxylation is 3. The summed E-state index contributed by atoms with van der Waals surface area (Å²) in [7, 11) is 0. The van der Waals surface area contributed by atoms with E-state index in [2.05, 4.69) is 28.1 Å². The number of para-hydroxylation sites is 1. The summed E-state index contributed by atoms with van der Waals surface area (Å²) in [4.78, 5) is 23.3. The summed E-state index contributed by atoms with van der Waals surface area (Å²) in [5, 5.41) is 10.6. The van der Waals surface area contributed by atoms with E-state index >= 15 is 0 Å². The van der Waals surface area contributed by atoms with Gasteiger partial charge in [0.1, 0.15) is 0 Å². The van der Waals surface area contributed by atoms with Gasteiger partial charge in [0, 0.05) is 42.1 Å². The largest absolute Gasteiger partial charge is 0.481 e. The number of carboxylic acid groups (broad SMARTS) is 1. The van der Waals surface area contributed by atoms with Crippen molar-refractivity contribution >= 4 is 16.9 Å². The molecule has 0 spiro atoms. The van der Waals surface area contributed by atoms with E-state index in [1.165, 1.54) is 55.5 Å². The summed E-state index contributed by atoms with van der Waals surface area (Å²) in [5.41, 5.74) is 5.99. The zero-order valence-corrected chi connectivity index (χ0v) is 19.2. The number of aromatic nitrogens is 2. The predicted molar refractivity (Wildman–Crippen MR) is 130 cm³/mol. The Hall–Kier alpha value is -2.79. The first-order valence-corrected chi connectivity index (χ1v) is 12.4. The lowest BCUT2D eigenvalue weighted by molar-refractivity contribution is -0.139. The maximum atomic E-state index is 11.6. The third-order valence-corrected chi connectivity index (χ3v) is 7.32. The lowest BCUT2D eigenvalue weighted by atomic mass is 9.89. The Morgan fingerprint density at radius 2 is 1.94 bits per heavy atom. The minimum absolute atomic E-state index is 0.101. The molecule has 0 bridgehead atoms. The number of unbranched alkanes of at least 4 members (excludes halogenated alkanes) is 1. The van der Waals surface area contributed by atoms with Crippen molar-refractivity contribution in [1.29, 1.82) is 0 Å². The number of fused-ring (bicyclic) bond motifs is 2. The van der Waals surface area contributed by atoms with Crippen LogP contribution in [0, 0.1) is 5.92 Å². The van der Waals surface area contributed by atoms with Crippen LogP contribution in [0.3, 0.4) is 0 Å². The molecular weight excluding hydrogens is 410 g/mol. The Kier molecular flexibility index (Phi) is 6.68. The summed E-state index contributed by atoms with van der Waals surface area (Å²) in [6.07, 6.45) is 11.5. The van der Waals surface area contributed by atoms with Gasteiger partial charge in [0.2, 0.25) is 0 Å². The Morgan fingerprint density at radius 3 is 2.82 bits per heavy atom. The Labute approximate surface area is 195 Å². The normalized spacial score (nSPS) is 17.5. The second-order valence-electron chi connectivity index (χ2n) is 9.76. The quantitative estimate of drug-likeness (QED) is 0.451. The van der Waals surface area contributed by atoms with Crippen LogP contribution < -0.4 is 0 Å². The van der Waals surface area contributed by atoms with Crippen molar-refractivity contribution in [3.05, 3.63) is 71.2 Å². The van der Waals surface area contributed by atoms with Crippen molar-refractivity contribution in [2.45, 2.75) is 63.8 Å². The van der Waals surface area contributed by atoms with E-state index in [1.807, 2.05) is 30.5 Å². The van der Waals surface area contributed by atoms with Crippen molar-refractivity contribution in [1.82, 2.24) is 14.9 Å². The van der Waals surface area contributed by atoms with Gasteiger partial charge < -0.3 is 5.11 Å². The van der Waals surface area contributed by atoms with Crippen LogP contribution in [0.15, 0.2) is 48.7 Å². The third-order valence-electron chi connectivity index (χ3n) is 7.32. The van der Waals surface area contributed by atoms with Gasteiger partial charge in [-0.15, -0.1) is 0 Å². The van der Waals surface area contributed by atoms with Crippen molar-refractivity contribution in [2.75, 3.05) is 13.1 Å². The fraction of sp³-hybridized carbons (Fsp3) is 0.464. The van der Waals surface area contributed by atoms with Gasteiger partial charge in [-0.2, -0.15) is 0 Å². The highest BCUT2D eigenvalue weighted by atomic mass is 16.4. The van der Waals surface area contributed by atoms with Crippen LogP contribution in [-0.4, -0.2) is 39.0 Å². The van der Waals surface area contributed by atoms with Gasteiger partial charge in [-0.05, 0) is 80.2 Å². The summed E-state index contributed by atoms with van der Waals surface area (Å²) in [6, 6.07) is 14.5. The summed E-state index contributed by atoms with van der Waals surface area (Å²) in [5.74, 6) is -0.0969. The first kappa shape index (κ1) is 22.0. The fourth-order valence-corrected chi connectivity index (χ4v) is 5.45. The zero-order valence-electron chi connectivity index (χ0n) is 19.2. The standard InChI is InChI=1S/C28H33N3O2/c32-28(33)16-27(23-15-22-9-3-5-11-25(22)29-17-23)31-18-20(19-31)7-1-4-10-24-14-13-21-8-2-6-12-26(21)30-24/h3,5,9,11,13-15,17,20,27H,1-2,4,6-8,10,12,16,18-19H2,(H,32,33)/t27-/m0/s1. The van der Waals surface area contributed by atoms with E-state index in [9.17, 15) is 9.90 Å². The lowest BCUT2D eigenvalue weighted by Crippen LogP contribution is -2.48. The van der Waals surface area contributed by atoms with E-state index in [0.717, 1.165) is 42.4 Å². The number of carbonyl (C=O) groups is 1. The SMILES string of the molecule is O=C(O)C[C@@H](c1cnc2ccccc2c1)N1CC(CCCCc2ccc3c(n2)CCCC3)C1. The molecule has 3 heterocycles. The number of nitrogens with zero attached hydrogens (tertiary/aromatic N) is 3. The van der Waals surface area contributed by atoms with Crippen LogP contribution in [0.5, 0.6) is 0 Å². The highest BCUT2D eigenvalue weighted by molar-refractivity contribution is 5.79. The van der Waals surface area contributed by atoms with Crippen LogP contribution in [0.25, 0.3) is 10.9 Å². The molecule has 0 radical (unpaired) electrons. The van der Waals surface area contributed by atoms with Crippen molar-refractivity contribution in [3.8, 4) is 0 Å². The van der Waals surface area contributed by atoms with Gasteiger partial charge in [-0.1, -0.05) is 30.7 Å². The summed E-state index contributed by atoms with van der Waals surface area (Å²) in [6.45, 7) is 1.95. The molecule has 5 heteroatoms. The Bertz CT molecular complexity index is 1120. The first-order chi connectivity index (χ1) is 16.2. The molecule has 0 saturated carbocycles. The molecule has 0 amide bonds. The second-order valence-corrected chi connectivity index (χ2v) is 9.76. The van der Waals surface area contributed by atoms with Crippen molar-refractivity contribution < 1.29 is 9.90 Å². The average Bonchev–Trinajstić information content (AvgIpc) is 2.81. The molecule has 0 unspecified atom stereocenters. The monoisotopic (exact) mass is 443 g/mol. The molecule has 3 aromatic rings. The molecule has 1 atom stereocenters. The molecule has 5 rings (SSSR count). The Morgan fingerprint density at radius 1 is 1.09 bits per heavy atom. The topological polar surface area (TPSA) is 66.3 Å². The molecule has 1 fully saturated rings. The van der Waals surface area contributed by atoms with Crippen molar-refractivity contribution in [3.63, 3.8) is 0 Å². The third kappa shape index (κ3) is 5.25. The van der Waals surface area contributed by atoms with E-state index in [0.29, 0.717) is 5.92 Å². The van der Waals surface area contributed by atoms with Crippen LogP contribution in [0.2, 0.25) is 0 Å². The maximum Gasteiger partial charge on any atom is 0.305 e. The van der Waals surface area contributed by atoms with Gasteiger partial charge in [-0.3, -0.25) is 19.7 Å². The first-order valence-electron chi connectivity index (χ1n) is 12.4. The Balaban J connectivity index is 1.12. The molecule has 2 aromatic heterocycles. The summed E-state index contributed by atoms with van der Waals surface area (Å²) < 4.78 is 0. The van der Waals surface area contributed by atoms with Gasteiger partial charge >= 0.3 is 5.97 Å². The van der Waals surface area contributed by atoms with Crippen molar-refractivity contribution in [2.24, 2.45) is 5.92 Å². The van der Waals surface area contributed by atoms with Gasteiger partial charge in [0.25, 0.3) is 0 Å². The molecule has 5 nitrogen and oxygen atoms in total. The number of carboxylic acids is 1. The minimum Gasteiger partial charge on any atom is -0.481 e. The van der Waals surface area contributed by atoms with Gasteiger partial charge in [-0.25, -0.2) is 0 Å². The maximum absolute atomic E-state index is 11.6. The number of hydrogen-bond donors (Lipinski definition) is 1. The molecule has 2 aliphatic rings. The molecular formula is C28H33N3O2. The number of likely N-dealkylation sites (tertiary alicyclic amines) is 1. The molecule has 33 heavy (non-hydrogen) atoms. The number of benzene rings is 1. The molecule has 1 saturated heterocycles. The fourth-order valence-electron chi connectivity index (χ4n) is 5.45. The average molecular weight is 444 g/mol. The van der Waals surface area contributed by atoms with Crippen LogP contribution in [-0.2, 0) is 24.1 Å². The summed E-state index contributed by atoms with van der Waals surface area (Å²) >= 11 is 0. The highest BCUT2D eigenvalue weighted by Gasteiger charge is 2.34.